The summed E-state index contributed by atoms with van der Waals surface area (Å²) in [4.78, 5) is 13.3. The molecule has 3 aliphatic carbocycles. The first-order chi connectivity index (χ1) is 13.2. The first-order valence-electron chi connectivity index (χ1n) is 12.3. The molecule has 0 atom stereocenters. The Labute approximate surface area is 168 Å². The molecule has 3 fully saturated rings. The number of ether oxygens (including phenoxy) is 1. The van der Waals surface area contributed by atoms with Crippen LogP contribution in [0.1, 0.15) is 123 Å². The molecular formula is C25H44O2. The van der Waals surface area contributed by atoms with E-state index < -0.39 is 0 Å². The average Bonchev–Trinajstić information content (AvgIpc) is 2.74. The second kappa shape index (κ2) is 9.79. The summed E-state index contributed by atoms with van der Waals surface area (Å²) in [7, 11) is 0. The van der Waals surface area contributed by atoms with E-state index in [9.17, 15) is 4.79 Å². The predicted octanol–water partition coefficient (Wildman–Crippen LogP) is 7.45. The van der Waals surface area contributed by atoms with Gasteiger partial charge in [0.25, 0.3) is 0 Å². The molecule has 0 aliphatic heterocycles. The van der Waals surface area contributed by atoms with Gasteiger partial charge in [0.1, 0.15) is 0 Å². The van der Waals surface area contributed by atoms with Crippen LogP contribution in [0.15, 0.2) is 0 Å². The van der Waals surface area contributed by atoms with E-state index in [1.807, 2.05) is 6.92 Å². The predicted molar refractivity (Wildman–Crippen MR) is 113 cm³/mol. The number of hydrogen-bond donors (Lipinski definition) is 0. The Kier molecular flexibility index (Phi) is 7.68. The van der Waals surface area contributed by atoms with Crippen LogP contribution >= 0.6 is 0 Å². The van der Waals surface area contributed by atoms with Gasteiger partial charge in [-0.1, -0.05) is 71.1 Å². The Morgan fingerprint density at radius 2 is 1.41 bits per heavy atom. The summed E-state index contributed by atoms with van der Waals surface area (Å²) >= 11 is 0. The molecule has 0 N–H and O–H groups in total. The summed E-state index contributed by atoms with van der Waals surface area (Å²) in [5.74, 6) is 2.08. The molecule has 0 bridgehead atoms. The van der Waals surface area contributed by atoms with E-state index in [4.69, 9.17) is 4.74 Å². The lowest BCUT2D eigenvalue weighted by Gasteiger charge is -2.55. The molecule has 0 spiro atoms. The molecule has 3 aliphatic rings. The van der Waals surface area contributed by atoms with Crippen LogP contribution in [0.5, 0.6) is 0 Å². The summed E-state index contributed by atoms with van der Waals surface area (Å²) in [5, 5.41) is 0. The quantitative estimate of drug-likeness (QED) is 0.431. The highest BCUT2D eigenvalue weighted by Crippen LogP contribution is 2.61. The lowest BCUT2D eigenvalue weighted by molar-refractivity contribution is -0.174. The van der Waals surface area contributed by atoms with Crippen molar-refractivity contribution in [3.63, 3.8) is 0 Å². The Morgan fingerprint density at radius 3 is 2.00 bits per heavy atom. The molecule has 0 unspecified atom stereocenters. The van der Waals surface area contributed by atoms with Crippen LogP contribution in [0, 0.1) is 22.7 Å². The van der Waals surface area contributed by atoms with Gasteiger partial charge in [0.15, 0.2) is 0 Å². The molecule has 3 rings (SSSR count). The van der Waals surface area contributed by atoms with Crippen molar-refractivity contribution in [2.75, 3.05) is 6.61 Å². The number of unbranched alkanes of at least 4 members (excludes halogenated alkanes) is 1. The number of esters is 1. The summed E-state index contributed by atoms with van der Waals surface area (Å²) < 4.78 is 5.75. The minimum absolute atomic E-state index is 0.164. The van der Waals surface area contributed by atoms with E-state index in [2.05, 4.69) is 6.92 Å². The van der Waals surface area contributed by atoms with Crippen molar-refractivity contribution < 1.29 is 9.53 Å². The maximum absolute atomic E-state index is 13.3. The van der Waals surface area contributed by atoms with Gasteiger partial charge in [-0.3, -0.25) is 4.79 Å². The Bertz CT molecular complexity index is 449. The van der Waals surface area contributed by atoms with Crippen molar-refractivity contribution in [2.45, 2.75) is 123 Å². The van der Waals surface area contributed by atoms with Gasteiger partial charge >= 0.3 is 5.97 Å². The molecule has 0 amide bonds. The summed E-state index contributed by atoms with van der Waals surface area (Å²) in [6, 6.07) is 0. The molecule has 2 nitrogen and oxygen atoms in total. The lowest BCUT2D eigenvalue weighted by atomic mass is 9.49. The fraction of sp³-hybridized carbons (Fsp3) is 0.960. The Balaban J connectivity index is 1.79. The van der Waals surface area contributed by atoms with Crippen LogP contribution < -0.4 is 0 Å². The van der Waals surface area contributed by atoms with E-state index >= 15 is 0 Å². The van der Waals surface area contributed by atoms with Gasteiger partial charge in [0.2, 0.25) is 0 Å². The highest BCUT2D eigenvalue weighted by molar-refractivity contribution is 5.78. The zero-order chi connectivity index (χ0) is 19.2. The largest absolute Gasteiger partial charge is 0.466 e. The molecule has 27 heavy (non-hydrogen) atoms. The number of hydrogen-bond acceptors (Lipinski definition) is 2. The molecule has 2 heteroatoms. The second-order valence-electron chi connectivity index (χ2n) is 9.98. The van der Waals surface area contributed by atoms with Crippen LogP contribution in [-0.4, -0.2) is 12.6 Å². The van der Waals surface area contributed by atoms with Crippen LogP contribution in [0.25, 0.3) is 0 Å². The molecule has 0 heterocycles. The molecule has 3 saturated carbocycles. The molecule has 0 radical (unpaired) electrons. The molecule has 0 aromatic carbocycles. The standard InChI is InChI=1S/C25H44O2/c1-3-5-16-24(25(23(26)27-4-2)17-10-7-11-18-25)19-14-22(15-20-24)21-12-8-6-9-13-21/h21-22H,3-20H2,1-2H3/t22-,24+. The monoisotopic (exact) mass is 376 g/mol. The highest BCUT2D eigenvalue weighted by atomic mass is 16.5. The molecule has 0 aromatic rings. The summed E-state index contributed by atoms with van der Waals surface area (Å²) in [5.41, 5.74) is 0.0504. The van der Waals surface area contributed by atoms with Gasteiger partial charge in [-0.05, 0) is 69.1 Å². The third-order valence-corrected chi connectivity index (χ3v) is 8.70. The van der Waals surface area contributed by atoms with Gasteiger partial charge < -0.3 is 4.74 Å². The van der Waals surface area contributed by atoms with Gasteiger partial charge in [-0.2, -0.15) is 0 Å². The minimum atomic E-state index is -0.173. The number of rotatable bonds is 7. The van der Waals surface area contributed by atoms with Gasteiger partial charge in [0, 0.05) is 0 Å². The maximum atomic E-state index is 13.3. The third kappa shape index (κ3) is 4.40. The average molecular weight is 377 g/mol. The topological polar surface area (TPSA) is 26.3 Å². The van der Waals surface area contributed by atoms with Crippen LogP contribution in [0.2, 0.25) is 0 Å². The van der Waals surface area contributed by atoms with Crippen LogP contribution in [-0.2, 0) is 9.53 Å². The maximum Gasteiger partial charge on any atom is 0.312 e. The fourth-order valence-corrected chi connectivity index (χ4v) is 7.13. The van der Waals surface area contributed by atoms with Gasteiger partial charge in [-0.15, -0.1) is 0 Å². The SMILES string of the molecule is CCCC[C@]1(C2(C(=O)OCC)CCCCC2)CC[C@@H](C2CCCCC2)CC1. The highest BCUT2D eigenvalue weighted by Gasteiger charge is 2.57. The van der Waals surface area contributed by atoms with Crippen LogP contribution in [0.4, 0.5) is 0 Å². The summed E-state index contributed by atoms with van der Waals surface area (Å²) in [6.45, 7) is 4.82. The van der Waals surface area contributed by atoms with E-state index in [-0.39, 0.29) is 16.8 Å². The van der Waals surface area contributed by atoms with Crippen molar-refractivity contribution in [3.05, 3.63) is 0 Å². The van der Waals surface area contributed by atoms with E-state index in [1.165, 1.54) is 96.3 Å². The zero-order valence-electron chi connectivity index (χ0n) is 18.2. The van der Waals surface area contributed by atoms with Crippen molar-refractivity contribution in [2.24, 2.45) is 22.7 Å². The normalized spacial score (nSPS) is 32.1. The number of carbonyl (C=O) groups excluding carboxylic acids is 1. The van der Waals surface area contributed by atoms with Crippen LogP contribution in [0.3, 0.4) is 0 Å². The zero-order valence-corrected chi connectivity index (χ0v) is 18.2. The second-order valence-corrected chi connectivity index (χ2v) is 9.98. The third-order valence-electron chi connectivity index (χ3n) is 8.70. The van der Waals surface area contributed by atoms with Crippen molar-refractivity contribution >= 4 is 5.97 Å². The van der Waals surface area contributed by atoms with Gasteiger partial charge in [-0.25, -0.2) is 0 Å². The first kappa shape index (κ1) is 21.2. The minimum Gasteiger partial charge on any atom is -0.466 e. The smallest absolute Gasteiger partial charge is 0.312 e. The molecule has 0 aromatic heterocycles. The van der Waals surface area contributed by atoms with E-state index in [1.54, 1.807) is 0 Å². The summed E-state index contributed by atoms with van der Waals surface area (Å²) in [6.07, 6.45) is 22.3. The van der Waals surface area contributed by atoms with Gasteiger partial charge in [0.05, 0.1) is 12.0 Å². The van der Waals surface area contributed by atoms with E-state index in [0.717, 1.165) is 24.7 Å². The fourth-order valence-electron chi connectivity index (χ4n) is 7.13. The lowest BCUT2D eigenvalue weighted by Crippen LogP contribution is -2.52. The first-order valence-corrected chi connectivity index (χ1v) is 12.3. The molecule has 156 valence electrons. The Hall–Kier alpha value is -0.530. The van der Waals surface area contributed by atoms with Crippen molar-refractivity contribution in [3.8, 4) is 0 Å². The molecular weight excluding hydrogens is 332 g/mol. The van der Waals surface area contributed by atoms with E-state index in [0.29, 0.717) is 6.61 Å². The van der Waals surface area contributed by atoms with Crippen molar-refractivity contribution in [1.82, 2.24) is 0 Å². The van der Waals surface area contributed by atoms with Crippen molar-refractivity contribution in [1.29, 1.82) is 0 Å². The molecule has 0 saturated heterocycles. The number of carbonyl (C=O) groups is 1. The Morgan fingerprint density at radius 1 is 0.815 bits per heavy atom.